The molecule has 1 aliphatic heterocycles. The number of hydrogen-bond donors (Lipinski definition) is 1. The lowest BCUT2D eigenvalue weighted by atomic mass is 10.0. The molecule has 1 aromatic carbocycles. The van der Waals surface area contributed by atoms with Gasteiger partial charge in [0.05, 0.1) is 5.52 Å². The van der Waals surface area contributed by atoms with E-state index in [2.05, 4.69) is 41.4 Å². The van der Waals surface area contributed by atoms with Gasteiger partial charge in [-0.05, 0) is 82.4 Å². The highest BCUT2D eigenvalue weighted by molar-refractivity contribution is 5.83. The maximum absolute atomic E-state index is 4.80. The molecule has 0 spiro atoms. The number of aromatic nitrogens is 1. The van der Waals surface area contributed by atoms with Crippen molar-refractivity contribution in [3.05, 3.63) is 35.5 Å². The molecule has 0 bridgehead atoms. The number of benzene rings is 1. The topological polar surface area (TPSA) is 28.2 Å². The van der Waals surface area contributed by atoms with Gasteiger partial charge in [-0.15, -0.1) is 0 Å². The Morgan fingerprint density at radius 1 is 1.14 bits per heavy atom. The van der Waals surface area contributed by atoms with Crippen LogP contribution in [0.3, 0.4) is 0 Å². The Bertz CT molecular complexity index is 630. The average molecular weight is 297 g/mol. The Morgan fingerprint density at radius 2 is 1.95 bits per heavy atom. The highest BCUT2D eigenvalue weighted by atomic mass is 15.1. The molecule has 0 radical (unpaired) electrons. The van der Waals surface area contributed by atoms with Crippen molar-refractivity contribution in [2.45, 2.75) is 39.0 Å². The predicted molar refractivity (Wildman–Crippen MR) is 94.8 cm³/mol. The third-order valence-corrected chi connectivity index (χ3v) is 4.69. The van der Waals surface area contributed by atoms with E-state index in [4.69, 9.17) is 4.98 Å². The maximum Gasteiger partial charge on any atom is 0.0706 e. The zero-order valence-corrected chi connectivity index (χ0v) is 13.9. The van der Waals surface area contributed by atoms with E-state index in [1.807, 2.05) is 7.05 Å². The fraction of sp³-hybridized carbons (Fsp3) is 0.526. The third-order valence-electron chi connectivity index (χ3n) is 4.69. The lowest BCUT2D eigenvalue weighted by molar-refractivity contribution is 0.578. The second-order valence-electron chi connectivity index (χ2n) is 6.36. The van der Waals surface area contributed by atoms with Gasteiger partial charge in [0.2, 0.25) is 0 Å². The van der Waals surface area contributed by atoms with Gasteiger partial charge >= 0.3 is 0 Å². The molecule has 1 saturated heterocycles. The molecule has 0 saturated carbocycles. The molecule has 2 heterocycles. The van der Waals surface area contributed by atoms with Crippen molar-refractivity contribution in [1.29, 1.82) is 0 Å². The highest BCUT2D eigenvalue weighted by Gasteiger charge is 2.12. The molecule has 0 amide bonds. The standard InChI is InChI=1S/C19H27N3/c1-15-16(7-6-10-20-2)13-17-14-18(8-9-19(17)21-15)22-11-4-3-5-12-22/h8-9,13-14,20H,3-7,10-12H2,1-2H3. The minimum atomic E-state index is 1.06. The number of anilines is 1. The second kappa shape index (κ2) is 7.10. The van der Waals surface area contributed by atoms with Gasteiger partial charge in [0, 0.05) is 29.9 Å². The Balaban J connectivity index is 1.87. The third kappa shape index (κ3) is 3.41. The van der Waals surface area contributed by atoms with Crippen molar-refractivity contribution in [1.82, 2.24) is 10.3 Å². The first kappa shape index (κ1) is 15.3. The minimum Gasteiger partial charge on any atom is -0.372 e. The number of aryl methyl sites for hydroxylation is 2. The Kier molecular flexibility index (Phi) is 4.94. The lowest BCUT2D eigenvalue weighted by Gasteiger charge is -2.29. The van der Waals surface area contributed by atoms with Gasteiger partial charge in [0.25, 0.3) is 0 Å². The summed E-state index contributed by atoms with van der Waals surface area (Å²) in [4.78, 5) is 7.32. The molecular weight excluding hydrogens is 270 g/mol. The number of fused-ring (bicyclic) bond motifs is 1. The highest BCUT2D eigenvalue weighted by Crippen LogP contribution is 2.25. The monoisotopic (exact) mass is 297 g/mol. The average Bonchev–Trinajstić information content (AvgIpc) is 2.56. The number of nitrogens with one attached hydrogen (secondary N) is 1. The van der Waals surface area contributed by atoms with Gasteiger partial charge in [0.1, 0.15) is 0 Å². The summed E-state index contributed by atoms with van der Waals surface area (Å²) in [5, 5.41) is 4.50. The molecule has 3 nitrogen and oxygen atoms in total. The summed E-state index contributed by atoms with van der Waals surface area (Å²) in [6.45, 7) is 5.58. The molecule has 1 aromatic heterocycles. The van der Waals surface area contributed by atoms with Gasteiger partial charge in [0.15, 0.2) is 0 Å². The van der Waals surface area contributed by atoms with Crippen molar-refractivity contribution in [3.63, 3.8) is 0 Å². The molecule has 3 heteroatoms. The van der Waals surface area contributed by atoms with E-state index in [9.17, 15) is 0 Å². The Morgan fingerprint density at radius 3 is 2.73 bits per heavy atom. The molecule has 22 heavy (non-hydrogen) atoms. The van der Waals surface area contributed by atoms with Crippen molar-refractivity contribution in [2.24, 2.45) is 0 Å². The molecule has 3 rings (SSSR count). The summed E-state index contributed by atoms with van der Waals surface area (Å²) in [6, 6.07) is 9.10. The maximum atomic E-state index is 4.80. The molecule has 0 aliphatic carbocycles. The summed E-state index contributed by atoms with van der Waals surface area (Å²) >= 11 is 0. The zero-order chi connectivity index (χ0) is 15.4. The summed E-state index contributed by atoms with van der Waals surface area (Å²) in [5.74, 6) is 0. The van der Waals surface area contributed by atoms with Gasteiger partial charge in [-0.1, -0.05) is 0 Å². The van der Waals surface area contributed by atoms with Crippen molar-refractivity contribution in [2.75, 3.05) is 31.6 Å². The molecule has 118 valence electrons. The summed E-state index contributed by atoms with van der Waals surface area (Å²) in [6.07, 6.45) is 6.28. The van der Waals surface area contributed by atoms with Crippen LogP contribution < -0.4 is 10.2 Å². The molecular formula is C19H27N3. The van der Waals surface area contributed by atoms with Crippen LogP contribution in [0, 0.1) is 6.92 Å². The molecule has 1 N–H and O–H groups in total. The van der Waals surface area contributed by atoms with Crippen LogP contribution >= 0.6 is 0 Å². The normalized spacial score (nSPS) is 15.5. The zero-order valence-electron chi connectivity index (χ0n) is 13.9. The van der Waals surface area contributed by atoms with Crippen LogP contribution in [0.1, 0.15) is 36.9 Å². The number of pyridine rings is 1. The van der Waals surface area contributed by atoms with E-state index in [1.165, 1.54) is 54.7 Å². The number of rotatable bonds is 5. The van der Waals surface area contributed by atoms with Gasteiger partial charge in [-0.3, -0.25) is 4.98 Å². The van der Waals surface area contributed by atoms with Crippen molar-refractivity contribution in [3.8, 4) is 0 Å². The number of nitrogens with zero attached hydrogens (tertiary/aromatic N) is 2. The molecule has 0 atom stereocenters. The summed E-state index contributed by atoms with van der Waals surface area (Å²) < 4.78 is 0. The lowest BCUT2D eigenvalue weighted by Crippen LogP contribution is -2.29. The van der Waals surface area contributed by atoms with Crippen molar-refractivity contribution < 1.29 is 0 Å². The van der Waals surface area contributed by atoms with E-state index in [0.29, 0.717) is 0 Å². The van der Waals surface area contributed by atoms with Crippen LogP contribution in [-0.2, 0) is 6.42 Å². The van der Waals surface area contributed by atoms with Gasteiger partial charge in [-0.25, -0.2) is 0 Å². The summed E-state index contributed by atoms with van der Waals surface area (Å²) in [7, 11) is 2.01. The van der Waals surface area contributed by atoms with Crippen LogP contribution in [0.25, 0.3) is 10.9 Å². The molecule has 2 aromatic rings. The fourth-order valence-corrected chi connectivity index (χ4v) is 3.36. The quantitative estimate of drug-likeness (QED) is 0.853. The smallest absolute Gasteiger partial charge is 0.0706 e. The van der Waals surface area contributed by atoms with Crippen molar-refractivity contribution >= 4 is 16.6 Å². The SMILES string of the molecule is CNCCCc1cc2cc(N3CCCCC3)ccc2nc1C. The molecule has 1 fully saturated rings. The Hall–Kier alpha value is -1.61. The van der Waals surface area contributed by atoms with E-state index >= 15 is 0 Å². The van der Waals surface area contributed by atoms with Crippen LogP contribution in [-0.4, -0.2) is 31.7 Å². The van der Waals surface area contributed by atoms with Crippen LogP contribution in [0.4, 0.5) is 5.69 Å². The first-order chi connectivity index (χ1) is 10.8. The van der Waals surface area contributed by atoms with Gasteiger partial charge in [-0.2, -0.15) is 0 Å². The van der Waals surface area contributed by atoms with E-state index in [-0.39, 0.29) is 0 Å². The first-order valence-corrected chi connectivity index (χ1v) is 8.58. The van der Waals surface area contributed by atoms with E-state index < -0.39 is 0 Å². The Labute approximate surface area is 133 Å². The largest absolute Gasteiger partial charge is 0.372 e. The number of hydrogen-bond acceptors (Lipinski definition) is 3. The van der Waals surface area contributed by atoms with Crippen LogP contribution in [0.2, 0.25) is 0 Å². The minimum absolute atomic E-state index is 1.06. The molecule has 0 unspecified atom stereocenters. The van der Waals surface area contributed by atoms with Crippen LogP contribution in [0.15, 0.2) is 24.3 Å². The molecule has 1 aliphatic rings. The van der Waals surface area contributed by atoms with Gasteiger partial charge < -0.3 is 10.2 Å². The first-order valence-electron chi connectivity index (χ1n) is 8.58. The fourth-order valence-electron chi connectivity index (χ4n) is 3.36. The predicted octanol–water partition coefficient (Wildman–Crippen LogP) is 3.69. The summed E-state index contributed by atoms with van der Waals surface area (Å²) in [5.41, 5.74) is 5.04. The van der Waals surface area contributed by atoms with Crippen LogP contribution in [0.5, 0.6) is 0 Å². The second-order valence-corrected chi connectivity index (χ2v) is 6.36. The van der Waals surface area contributed by atoms with E-state index in [0.717, 1.165) is 24.9 Å². The number of piperidine rings is 1. The van der Waals surface area contributed by atoms with E-state index in [1.54, 1.807) is 0 Å².